The van der Waals surface area contributed by atoms with Gasteiger partial charge in [0.05, 0.1) is 18.2 Å². The third kappa shape index (κ3) is 4.61. The molecule has 1 N–H and O–H groups in total. The summed E-state index contributed by atoms with van der Waals surface area (Å²) in [5.41, 5.74) is 1.95. The van der Waals surface area contributed by atoms with Crippen molar-refractivity contribution in [1.29, 1.82) is 0 Å². The molecule has 2 rings (SSSR count). The molecule has 0 radical (unpaired) electrons. The van der Waals surface area contributed by atoms with E-state index >= 15 is 0 Å². The van der Waals surface area contributed by atoms with Crippen LogP contribution < -0.4 is 14.8 Å². The van der Waals surface area contributed by atoms with Crippen LogP contribution in [0.15, 0.2) is 36.4 Å². The molecule has 1 amide bonds. The first kappa shape index (κ1) is 18.1. The minimum atomic E-state index is -0.461. The van der Waals surface area contributed by atoms with E-state index in [2.05, 4.69) is 5.32 Å². The SMILES string of the molecule is COc1ccc(C)cc1[C@H](C)NC(=O)COc1ccc(F)cc1Cl. The summed E-state index contributed by atoms with van der Waals surface area (Å²) in [7, 11) is 1.59. The number of hydrogen-bond acceptors (Lipinski definition) is 3. The molecule has 0 heterocycles. The highest BCUT2D eigenvalue weighted by Crippen LogP contribution is 2.27. The summed E-state index contributed by atoms with van der Waals surface area (Å²) in [5.74, 6) is 0.188. The second-order valence-electron chi connectivity index (χ2n) is 5.40. The van der Waals surface area contributed by atoms with Crippen LogP contribution in [0.4, 0.5) is 4.39 Å². The number of amides is 1. The zero-order valence-corrected chi connectivity index (χ0v) is 14.5. The molecule has 0 spiro atoms. The zero-order chi connectivity index (χ0) is 17.7. The van der Waals surface area contributed by atoms with Crippen LogP contribution in [0.1, 0.15) is 24.1 Å². The van der Waals surface area contributed by atoms with Gasteiger partial charge in [0.2, 0.25) is 0 Å². The Morgan fingerprint density at radius 1 is 1.25 bits per heavy atom. The molecule has 0 saturated heterocycles. The lowest BCUT2D eigenvalue weighted by Crippen LogP contribution is -2.31. The van der Waals surface area contributed by atoms with Crippen molar-refractivity contribution in [2.24, 2.45) is 0 Å². The van der Waals surface area contributed by atoms with Crippen LogP contribution in [0.3, 0.4) is 0 Å². The van der Waals surface area contributed by atoms with Crippen molar-refractivity contribution in [3.05, 3.63) is 58.4 Å². The van der Waals surface area contributed by atoms with Gasteiger partial charge in [-0.05, 0) is 38.1 Å². The van der Waals surface area contributed by atoms with E-state index in [1.54, 1.807) is 7.11 Å². The fourth-order valence-electron chi connectivity index (χ4n) is 2.29. The van der Waals surface area contributed by atoms with Gasteiger partial charge in [-0.3, -0.25) is 4.79 Å². The number of nitrogens with one attached hydrogen (secondary N) is 1. The highest BCUT2D eigenvalue weighted by molar-refractivity contribution is 6.32. The van der Waals surface area contributed by atoms with Crippen molar-refractivity contribution < 1.29 is 18.7 Å². The van der Waals surface area contributed by atoms with Crippen molar-refractivity contribution in [3.63, 3.8) is 0 Å². The summed E-state index contributed by atoms with van der Waals surface area (Å²) in [6.07, 6.45) is 0. The molecule has 0 aliphatic rings. The number of halogens is 2. The van der Waals surface area contributed by atoms with Crippen LogP contribution >= 0.6 is 11.6 Å². The van der Waals surface area contributed by atoms with Crippen molar-refractivity contribution in [1.82, 2.24) is 5.32 Å². The Morgan fingerprint density at radius 2 is 1.96 bits per heavy atom. The van der Waals surface area contributed by atoms with E-state index in [-0.39, 0.29) is 29.3 Å². The van der Waals surface area contributed by atoms with Crippen LogP contribution in [0, 0.1) is 12.7 Å². The summed E-state index contributed by atoms with van der Waals surface area (Å²) < 4.78 is 23.6. The van der Waals surface area contributed by atoms with E-state index in [0.717, 1.165) is 17.2 Å². The lowest BCUT2D eigenvalue weighted by Gasteiger charge is -2.18. The molecule has 0 unspecified atom stereocenters. The van der Waals surface area contributed by atoms with Gasteiger partial charge in [-0.15, -0.1) is 0 Å². The first-order valence-corrected chi connectivity index (χ1v) is 7.80. The third-order valence-corrected chi connectivity index (χ3v) is 3.78. The fraction of sp³-hybridized carbons (Fsp3) is 0.278. The van der Waals surface area contributed by atoms with E-state index in [4.69, 9.17) is 21.1 Å². The van der Waals surface area contributed by atoms with E-state index in [1.165, 1.54) is 12.1 Å². The number of ether oxygens (including phenoxy) is 2. The monoisotopic (exact) mass is 351 g/mol. The Kier molecular flexibility index (Phi) is 6.04. The molecule has 0 aromatic heterocycles. The third-order valence-electron chi connectivity index (χ3n) is 3.48. The predicted octanol–water partition coefficient (Wildman–Crippen LogP) is 4.05. The van der Waals surface area contributed by atoms with Gasteiger partial charge in [0, 0.05) is 5.56 Å². The molecule has 0 bridgehead atoms. The highest BCUT2D eigenvalue weighted by Gasteiger charge is 2.15. The molecule has 6 heteroatoms. The topological polar surface area (TPSA) is 47.6 Å². The molecule has 24 heavy (non-hydrogen) atoms. The molecule has 2 aromatic carbocycles. The maximum Gasteiger partial charge on any atom is 0.258 e. The molecule has 4 nitrogen and oxygen atoms in total. The molecular weight excluding hydrogens is 333 g/mol. The Labute approximate surface area is 145 Å². The number of carbonyl (C=O) groups excluding carboxylic acids is 1. The van der Waals surface area contributed by atoms with E-state index in [1.807, 2.05) is 32.0 Å². The summed E-state index contributed by atoms with van der Waals surface area (Å²) in [4.78, 5) is 12.1. The van der Waals surface area contributed by atoms with Crippen molar-refractivity contribution in [2.45, 2.75) is 19.9 Å². The van der Waals surface area contributed by atoms with Gasteiger partial charge < -0.3 is 14.8 Å². The van der Waals surface area contributed by atoms with E-state index in [9.17, 15) is 9.18 Å². The average Bonchev–Trinajstić information content (AvgIpc) is 2.54. The fourth-order valence-corrected chi connectivity index (χ4v) is 2.51. The Bertz CT molecular complexity index is 736. The molecule has 1 atom stereocenters. The lowest BCUT2D eigenvalue weighted by atomic mass is 10.0. The van der Waals surface area contributed by atoms with Gasteiger partial charge in [0.1, 0.15) is 17.3 Å². The van der Waals surface area contributed by atoms with Crippen molar-refractivity contribution in [3.8, 4) is 11.5 Å². The first-order valence-electron chi connectivity index (χ1n) is 7.42. The summed E-state index contributed by atoms with van der Waals surface area (Å²) in [5, 5.41) is 2.96. The quantitative estimate of drug-likeness (QED) is 0.854. The smallest absolute Gasteiger partial charge is 0.258 e. The number of carbonyl (C=O) groups is 1. The van der Waals surface area contributed by atoms with Gasteiger partial charge >= 0.3 is 0 Å². The number of methoxy groups -OCH3 is 1. The minimum absolute atomic E-state index is 0.121. The Morgan fingerprint density at radius 3 is 2.62 bits per heavy atom. The van der Waals surface area contributed by atoms with E-state index < -0.39 is 5.82 Å². The van der Waals surface area contributed by atoms with Gasteiger partial charge in [0.25, 0.3) is 5.91 Å². The summed E-state index contributed by atoms with van der Waals surface area (Å²) >= 11 is 5.86. The number of rotatable bonds is 6. The maximum atomic E-state index is 13.0. The number of benzene rings is 2. The van der Waals surface area contributed by atoms with Crippen molar-refractivity contribution in [2.75, 3.05) is 13.7 Å². The van der Waals surface area contributed by atoms with Crippen LogP contribution in [-0.2, 0) is 4.79 Å². The standard InChI is InChI=1S/C18H19ClFNO3/c1-11-4-6-16(23-3)14(8-11)12(2)21-18(22)10-24-17-7-5-13(20)9-15(17)19/h4-9,12H,10H2,1-3H3,(H,21,22)/t12-/m0/s1. The second kappa shape index (κ2) is 8.02. The predicted molar refractivity (Wildman–Crippen MR) is 91.2 cm³/mol. The van der Waals surface area contributed by atoms with Crippen LogP contribution in [0.2, 0.25) is 5.02 Å². The van der Waals surface area contributed by atoms with E-state index in [0.29, 0.717) is 5.75 Å². The van der Waals surface area contributed by atoms with Gasteiger partial charge in [0.15, 0.2) is 6.61 Å². The molecule has 0 saturated carbocycles. The molecular formula is C18H19ClFNO3. The molecule has 0 fully saturated rings. The van der Waals surface area contributed by atoms with Crippen LogP contribution in [0.5, 0.6) is 11.5 Å². The first-order chi connectivity index (χ1) is 11.4. The van der Waals surface area contributed by atoms with Gasteiger partial charge in [-0.2, -0.15) is 0 Å². The largest absolute Gasteiger partial charge is 0.496 e. The molecule has 0 aliphatic carbocycles. The zero-order valence-electron chi connectivity index (χ0n) is 13.7. The summed E-state index contributed by atoms with van der Waals surface area (Å²) in [6, 6.07) is 9.26. The van der Waals surface area contributed by atoms with Crippen molar-refractivity contribution >= 4 is 17.5 Å². The molecule has 128 valence electrons. The number of aryl methyl sites for hydroxylation is 1. The molecule has 2 aromatic rings. The molecule has 0 aliphatic heterocycles. The number of hydrogen-bond donors (Lipinski definition) is 1. The maximum absolute atomic E-state index is 13.0. The van der Waals surface area contributed by atoms with Gasteiger partial charge in [-0.25, -0.2) is 4.39 Å². The van der Waals surface area contributed by atoms with Gasteiger partial charge in [-0.1, -0.05) is 29.3 Å². The average molecular weight is 352 g/mol. The Hall–Kier alpha value is -2.27. The summed E-state index contributed by atoms with van der Waals surface area (Å²) in [6.45, 7) is 3.61. The second-order valence-corrected chi connectivity index (χ2v) is 5.81. The lowest BCUT2D eigenvalue weighted by molar-refractivity contribution is -0.123. The minimum Gasteiger partial charge on any atom is -0.496 e. The highest BCUT2D eigenvalue weighted by atomic mass is 35.5. The van der Waals surface area contributed by atoms with Crippen LogP contribution in [0.25, 0.3) is 0 Å². The van der Waals surface area contributed by atoms with Crippen LogP contribution in [-0.4, -0.2) is 19.6 Å². The Balaban J connectivity index is 1.98. The normalized spacial score (nSPS) is 11.7.